The second-order valence-electron chi connectivity index (χ2n) is 3.13. The van der Waals surface area contributed by atoms with Crippen molar-refractivity contribution < 1.29 is 17.5 Å². The summed E-state index contributed by atoms with van der Waals surface area (Å²) in [6.07, 6.45) is 0. The van der Waals surface area contributed by atoms with E-state index in [0.717, 1.165) is 5.56 Å². The van der Waals surface area contributed by atoms with Crippen LogP contribution in [0.15, 0.2) is 24.3 Å². The smallest absolute Gasteiger partial charge is 0.0569 e. The van der Waals surface area contributed by atoms with Crippen LogP contribution in [0.4, 0.5) is 0 Å². The zero-order chi connectivity index (χ0) is 11.4. The Balaban J connectivity index is 2.94. The predicted octanol–water partition coefficient (Wildman–Crippen LogP) is 0.794. The summed E-state index contributed by atoms with van der Waals surface area (Å²) >= 11 is -4.79. The van der Waals surface area contributed by atoms with E-state index in [0.29, 0.717) is 5.56 Å². The van der Waals surface area contributed by atoms with E-state index in [1.807, 2.05) is 6.92 Å². The molecule has 84 valence electrons. The average molecular weight is 246 g/mol. The highest BCUT2D eigenvalue weighted by Gasteiger charge is 2.12. The summed E-state index contributed by atoms with van der Waals surface area (Å²) in [6.45, 7) is 1.87. The molecule has 0 radical (unpaired) electrons. The monoisotopic (exact) mass is 246 g/mol. The van der Waals surface area contributed by atoms with Gasteiger partial charge in [0.1, 0.15) is 0 Å². The van der Waals surface area contributed by atoms with Crippen LogP contribution in [-0.4, -0.2) is 23.3 Å². The topological polar surface area (TPSA) is 80.3 Å². The first kappa shape index (κ1) is 12.5. The molecule has 0 aliphatic heterocycles. The van der Waals surface area contributed by atoms with Crippen molar-refractivity contribution in [3.63, 3.8) is 0 Å². The molecule has 15 heavy (non-hydrogen) atoms. The van der Waals surface area contributed by atoms with Gasteiger partial charge in [0.15, 0.2) is 0 Å². The quantitative estimate of drug-likeness (QED) is 0.736. The first-order chi connectivity index (χ1) is 7.00. The molecule has 4 nitrogen and oxygen atoms in total. The molecule has 0 aliphatic carbocycles. The molecule has 0 bridgehead atoms. The molecular formula is C9H10O4S2-2. The highest BCUT2D eigenvalue weighted by Crippen LogP contribution is 2.20. The van der Waals surface area contributed by atoms with E-state index in [1.54, 1.807) is 24.3 Å². The normalized spacial score (nSPS) is 17.0. The maximum absolute atomic E-state index is 10.8. The van der Waals surface area contributed by atoms with Crippen molar-refractivity contribution in [3.8, 4) is 0 Å². The van der Waals surface area contributed by atoms with Crippen LogP contribution >= 0.6 is 0 Å². The van der Waals surface area contributed by atoms with Crippen LogP contribution in [0.25, 0.3) is 0 Å². The van der Waals surface area contributed by atoms with Gasteiger partial charge < -0.3 is 9.11 Å². The third kappa shape index (κ3) is 3.83. The number of benzene rings is 1. The molecule has 3 atom stereocenters. The van der Waals surface area contributed by atoms with Crippen LogP contribution in [0, 0.1) is 6.92 Å². The third-order valence-electron chi connectivity index (χ3n) is 1.97. The Bertz CT molecular complexity index is 374. The maximum Gasteiger partial charge on any atom is 0.0569 e. The standard InChI is InChI=1S/C9H12O4S2/c1-7-2-4-8(5-3-7)9(15(12)13)6-14(10)11/h2-5,9H,6H2,1H3,(H,10,11)(H,12,13)/p-2. The van der Waals surface area contributed by atoms with Crippen molar-refractivity contribution in [3.05, 3.63) is 35.4 Å². The van der Waals surface area contributed by atoms with Crippen LogP contribution in [0.2, 0.25) is 0 Å². The number of aryl methyl sites for hydroxylation is 1. The Morgan fingerprint density at radius 1 is 1.20 bits per heavy atom. The second kappa shape index (κ2) is 5.50. The molecule has 0 aliphatic rings. The molecule has 0 fully saturated rings. The lowest BCUT2D eigenvalue weighted by Crippen LogP contribution is -2.14. The van der Waals surface area contributed by atoms with Crippen LogP contribution in [-0.2, 0) is 22.2 Å². The van der Waals surface area contributed by atoms with Gasteiger partial charge in [0.05, 0.1) is 5.25 Å². The Hall–Kier alpha value is -0.560. The van der Waals surface area contributed by atoms with Crippen molar-refractivity contribution in [2.45, 2.75) is 12.2 Å². The van der Waals surface area contributed by atoms with Gasteiger partial charge in [-0.05, 0) is 23.6 Å². The van der Waals surface area contributed by atoms with E-state index in [-0.39, 0.29) is 0 Å². The fourth-order valence-electron chi connectivity index (χ4n) is 1.17. The summed E-state index contributed by atoms with van der Waals surface area (Å²) in [7, 11) is 0. The summed E-state index contributed by atoms with van der Waals surface area (Å²) in [5, 5.41) is -0.982. The molecule has 0 spiro atoms. The Labute approximate surface area is 93.3 Å². The molecule has 1 rings (SSSR count). The average Bonchev–Trinajstić information content (AvgIpc) is 2.15. The Morgan fingerprint density at radius 2 is 1.73 bits per heavy atom. The highest BCUT2D eigenvalue weighted by atomic mass is 32.2. The first-order valence-electron chi connectivity index (χ1n) is 4.21. The molecule has 0 saturated carbocycles. The van der Waals surface area contributed by atoms with Crippen LogP contribution < -0.4 is 0 Å². The van der Waals surface area contributed by atoms with Crippen molar-refractivity contribution in [1.29, 1.82) is 0 Å². The minimum atomic E-state index is -2.42. The van der Waals surface area contributed by atoms with Gasteiger partial charge in [0.2, 0.25) is 0 Å². The minimum absolute atomic E-state index is 0.404. The van der Waals surface area contributed by atoms with E-state index < -0.39 is 33.2 Å². The Kier molecular flexibility index (Phi) is 4.59. The minimum Gasteiger partial charge on any atom is -0.772 e. The maximum atomic E-state index is 10.8. The zero-order valence-electron chi connectivity index (χ0n) is 8.04. The fourth-order valence-corrected chi connectivity index (χ4v) is 2.76. The first-order valence-corrected chi connectivity index (χ1v) is 6.59. The van der Waals surface area contributed by atoms with Gasteiger partial charge in [-0.15, -0.1) is 0 Å². The second-order valence-corrected chi connectivity index (χ2v) is 5.16. The molecule has 0 heterocycles. The fraction of sp³-hybridized carbons (Fsp3) is 0.333. The lowest BCUT2D eigenvalue weighted by atomic mass is 10.1. The molecule has 0 saturated heterocycles. The van der Waals surface area contributed by atoms with Gasteiger partial charge in [-0.3, -0.25) is 8.42 Å². The van der Waals surface area contributed by atoms with Crippen LogP contribution in [0.3, 0.4) is 0 Å². The van der Waals surface area contributed by atoms with Gasteiger partial charge in [0, 0.05) is 5.75 Å². The molecule has 0 amide bonds. The van der Waals surface area contributed by atoms with E-state index in [9.17, 15) is 17.5 Å². The third-order valence-corrected chi connectivity index (χ3v) is 3.69. The molecule has 0 aromatic heterocycles. The van der Waals surface area contributed by atoms with Crippen molar-refractivity contribution >= 4 is 22.2 Å². The van der Waals surface area contributed by atoms with Crippen molar-refractivity contribution in [2.24, 2.45) is 0 Å². The summed E-state index contributed by atoms with van der Waals surface area (Å²) in [4.78, 5) is 0. The molecule has 1 aromatic carbocycles. The SMILES string of the molecule is Cc1ccc(C(CS(=O)[O-])S(=O)[O-])cc1. The largest absolute Gasteiger partial charge is 0.772 e. The zero-order valence-corrected chi connectivity index (χ0v) is 9.68. The highest BCUT2D eigenvalue weighted by molar-refractivity contribution is 7.83. The predicted molar refractivity (Wildman–Crippen MR) is 56.6 cm³/mol. The molecular weight excluding hydrogens is 236 g/mol. The molecule has 3 unspecified atom stereocenters. The number of rotatable bonds is 4. The van der Waals surface area contributed by atoms with Gasteiger partial charge in [-0.2, -0.15) is 0 Å². The number of hydrogen-bond acceptors (Lipinski definition) is 4. The van der Waals surface area contributed by atoms with E-state index in [2.05, 4.69) is 0 Å². The Morgan fingerprint density at radius 3 is 2.13 bits per heavy atom. The number of hydrogen-bond donors (Lipinski definition) is 0. The van der Waals surface area contributed by atoms with Gasteiger partial charge in [-0.25, -0.2) is 0 Å². The summed E-state index contributed by atoms with van der Waals surface area (Å²) < 4.78 is 42.7. The summed E-state index contributed by atoms with van der Waals surface area (Å²) in [5.74, 6) is -0.404. The van der Waals surface area contributed by atoms with Gasteiger partial charge in [0.25, 0.3) is 0 Å². The lowest BCUT2D eigenvalue weighted by Gasteiger charge is -2.21. The van der Waals surface area contributed by atoms with Crippen molar-refractivity contribution in [1.82, 2.24) is 0 Å². The van der Waals surface area contributed by atoms with Gasteiger partial charge in [-0.1, -0.05) is 40.9 Å². The van der Waals surface area contributed by atoms with E-state index in [1.165, 1.54) is 0 Å². The molecule has 0 N–H and O–H groups in total. The summed E-state index contributed by atoms with van der Waals surface area (Å²) in [6, 6.07) is 6.76. The van der Waals surface area contributed by atoms with Crippen molar-refractivity contribution in [2.75, 3.05) is 5.75 Å². The van der Waals surface area contributed by atoms with Crippen LogP contribution in [0.5, 0.6) is 0 Å². The molecule has 6 heteroatoms. The van der Waals surface area contributed by atoms with Gasteiger partial charge >= 0.3 is 0 Å². The lowest BCUT2D eigenvalue weighted by molar-refractivity contribution is 0.516. The van der Waals surface area contributed by atoms with E-state index >= 15 is 0 Å². The summed E-state index contributed by atoms with van der Waals surface area (Å²) in [5.41, 5.74) is 1.50. The van der Waals surface area contributed by atoms with E-state index in [4.69, 9.17) is 0 Å². The van der Waals surface area contributed by atoms with Crippen LogP contribution in [0.1, 0.15) is 16.4 Å². The molecule has 1 aromatic rings.